The summed E-state index contributed by atoms with van der Waals surface area (Å²) < 4.78 is 10.5. The first-order valence-corrected chi connectivity index (χ1v) is 4.52. The van der Waals surface area contributed by atoms with Crippen LogP contribution in [0.3, 0.4) is 0 Å². The summed E-state index contributed by atoms with van der Waals surface area (Å²) in [4.78, 5) is 4.04. The second-order valence-electron chi connectivity index (χ2n) is 3.21. The molecule has 0 bridgehead atoms. The van der Waals surface area contributed by atoms with Crippen molar-refractivity contribution in [2.24, 2.45) is 5.73 Å². The number of rotatable bonds is 3. The molecular weight excluding hydrogens is 194 g/mol. The van der Waals surface area contributed by atoms with Crippen molar-refractivity contribution in [3.63, 3.8) is 0 Å². The van der Waals surface area contributed by atoms with Crippen molar-refractivity contribution >= 4 is 5.84 Å². The first-order chi connectivity index (χ1) is 7.18. The SMILES string of the molecule is CC(c1ccc(C(=N)N)o1)c1ncco1. The number of oxazole rings is 1. The van der Waals surface area contributed by atoms with Gasteiger partial charge in [0.15, 0.2) is 11.6 Å². The maximum Gasteiger partial charge on any atom is 0.204 e. The number of furan rings is 1. The summed E-state index contributed by atoms with van der Waals surface area (Å²) in [6, 6.07) is 3.43. The molecule has 0 aliphatic carbocycles. The van der Waals surface area contributed by atoms with Gasteiger partial charge in [-0.25, -0.2) is 4.98 Å². The highest BCUT2D eigenvalue weighted by molar-refractivity contribution is 5.92. The van der Waals surface area contributed by atoms with Gasteiger partial charge in [-0.2, -0.15) is 0 Å². The highest BCUT2D eigenvalue weighted by Crippen LogP contribution is 2.24. The maximum absolute atomic E-state index is 7.21. The molecule has 0 saturated carbocycles. The standard InChI is InChI=1S/C10H11N3O2/c1-6(10-13-4-5-14-10)7-2-3-8(15-7)9(11)12/h2-6H,1H3,(H3,11,12). The van der Waals surface area contributed by atoms with Gasteiger partial charge in [0.25, 0.3) is 0 Å². The topological polar surface area (TPSA) is 89.0 Å². The van der Waals surface area contributed by atoms with Gasteiger partial charge in [-0.05, 0) is 19.1 Å². The maximum atomic E-state index is 7.21. The molecule has 2 heterocycles. The third-order valence-electron chi connectivity index (χ3n) is 2.14. The summed E-state index contributed by atoms with van der Waals surface area (Å²) in [5.74, 6) is 1.47. The minimum Gasteiger partial charge on any atom is -0.457 e. The van der Waals surface area contributed by atoms with Crippen molar-refractivity contribution < 1.29 is 8.83 Å². The van der Waals surface area contributed by atoms with E-state index in [1.165, 1.54) is 6.26 Å². The molecule has 0 aliphatic heterocycles. The molecule has 2 rings (SSSR count). The molecule has 15 heavy (non-hydrogen) atoms. The predicted octanol–water partition coefficient (Wildman–Crippen LogP) is 1.70. The minimum absolute atomic E-state index is 0.0758. The highest BCUT2D eigenvalue weighted by Gasteiger charge is 2.17. The lowest BCUT2D eigenvalue weighted by Crippen LogP contribution is -2.09. The Morgan fingerprint density at radius 3 is 2.87 bits per heavy atom. The van der Waals surface area contributed by atoms with E-state index in [0.29, 0.717) is 17.4 Å². The van der Waals surface area contributed by atoms with E-state index in [9.17, 15) is 0 Å². The quantitative estimate of drug-likeness (QED) is 0.589. The molecule has 5 nitrogen and oxygen atoms in total. The molecular formula is C10H11N3O2. The lowest BCUT2D eigenvalue weighted by atomic mass is 10.1. The van der Waals surface area contributed by atoms with Gasteiger partial charge in [0.2, 0.25) is 5.89 Å². The lowest BCUT2D eigenvalue weighted by Gasteiger charge is -2.02. The molecule has 0 aliphatic rings. The number of nitrogens with zero attached hydrogens (tertiary/aromatic N) is 1. The van der Waals surface area contributed by atoms with E-state index < -0.39 is 0 Å². The Balaban J connectivity index is 2.26. The zero-order valence-electron chi connectivity index (χ0n) is 8.23. The molecule has 2 aromatic heterocycles. The largest absolute Gasteiger partial charge is 0.457 e. The van der Waals surface area contributed by atoms with Crippen LogP contribution >= 0.6 is 0 Å². The molecule has 0 aromatic carbocycles. The monoisotopic (exact) mass is 205 g/mol. The summed E-state index contributed by atoms with van der Waals surface area (Å²) in [7, 11) is 0. The smallest absolute Gasteiger partial charge is 0.204 e. The molecule has 2 aromatic rings. The Hall–Kier alpha value is -2.04. The van der Waals surface area contributed by atoms with E-state index in [0.717, 1.165) is 0 Å². The van der Waals surface area contributed by atoms with Crippen LogP contribution in [0.1, 0.15) is 30.3 Å². The van der Waals surface area contributed by atoms with Crippen LogP contribution in [0.15, 0.2) is 33.4 Å². The van der Waals surface area contributed by atoms with E-state index in [-0.39, 0.29) is 11.8 Å². The fourth-order valence-electron chi connectivity index (χ4n) is 1.30. The van der Waals surface area contributed by atoms with Crippen LogP contribution in [0.5, 0.6) is 0 Å². The average Bonchev–Trinajstić information content (AvgIpc) is 2.88. The molecule has 3 N–H and O–H groups in total. The lowest BCUT2D eigenvalue weighted by molar-refractivity contribution is 0.425. The third-order valence-corrected chi connectivity index (χ3v) is 2.14. The third kappa shape index (κ3) is 1.76. The van der Waals surface area contributed by atoms with Gasteiger partial charge in [0, 0.05) is 0 Å². The van der Waals surface area contributed by atoms with Gasteiger partial charge < -0.3 is 14.6 Å². The summed E-state index contributed by atoms with van der Waals surface area (Å²) in [5.41, 5.74) is 5.30. The minimum atomic E-state index is -0.0825. The number of nitrogen functional groups attached to an aromatic ring is 1. The average molecular weight is 205 g/mol. The molecule has 0 amide bonds. The zero-order valence-corrected chi connectivity index (χ0v) is 8.23. The van der Waals surface area contributed by atoms with Gasteiger partial charge in [-0.1, -0.05) is 0 Å². The molecule has 1 unspecified atom stereocenters. The number of nitrogens with one attached hydrogen (secondary N) is 1. The second kappa shape index (κ2) is 3.61. The normalized spacial score (nSPS) is 12.6. The highest BCUT2D eigenvalue weighted by atomic mass is 16.4. The van der Waals surface area contributed by atoms with E-state index in [4.69, 9.17) is 20.0 Å². The van der Waals surface area contributed by atoms with Gasteiger partial charge in [0.1, 0.15) is 12.0 Å². The van der Waals surface area contributed by atoms with Gasteiger partial charge in [-0.15, -0.1) is 0 Å². The molecule has 0 saturated heterocycles. The van der Waals surface area contributed by atoms with Crippen molar-refractivity contribution in [2.75, 3.05) is 0 Å². The molecule has 5 heteroatoms. The summed E-state index contributed by atoms with van der Waals surface area (Å²) in [6.07, 6.45) is 3.10. The summed E-state index contributed by atoms with van der Waals surface area (Å²) in [5, 5.41) is 7.21. The molecule has 0 radical (unpaired) electrons. The molecule has 1 atom stereocenters. The van der Waals surface area contributed by atoms with Crippen LogP contribution in [0, 0.1) is 5.41 Å². The Labute approximate surface area is 86.4 Å². The van der Waals surface area contributed by atoms with E-state index in [1.807, 2.05) is 6.92 Å². The van der Waals surface area contributed by atoms with Crippen LogP contribution in [0.4, 0.5) is 0 Å². The van der Waals surface area contributed by atoms with E-state index >= 15 is 0 Å². The fourth-order valence-corrected chi connectivity index (χ4v) is 1.30. The Bertz CT molecular complexity index is 459. The number of aromatic nitrogens is 1. The Morgan fingerprint density at radius 1 is 1.53 bits per heavy atom. The van der Waals surface area contributed by atoms with Gasteiger partial charge >= 0.3 is 0 Å². The Morgan fingerprint density at radius 2 is 2.33 bits per heavy atom. The van der Waals surface area contributed by atoms with Crippen LogP contribution in [-0.2, 0) is 0 Å². The van der Waals surface area contributed by atoms with E-state index in [2.05, 4.69) is 4.98 Å². The van der Waals surface area contributed by atoms with Crippen LogP contribution < -0.4 is 5.73 Å². The first-order valence-electron chi connectivity index (χ1n) is 4.52. The number of nitrogens with two attached hydrogens (primary N) is 1. The first kappa shape index (κ1) is 9.51. The zero-order chi connectivity index (χ0) is 10.8. The summed E-state index contributed by atoms with van der Waals surface area (Å²) in [6.45, 7) is 1.91. The second-order valence-corrected chi connectivity index (χ2v) is 3.21. The molecule has 0 spiro atoms. The number of hydrogen-bond acceptors (Lipinski definition) is 4. The van der Waals surface area contributed by atoms with Crippen molar-refractivity contribution in [1.82, 2.24) is 4.98 Å². The number of hydrogen-bond donors (Lipinski definition) is 2. The van der Waals surface area contributed by atoms with Crippen LogP contribution in [0.25, 0.3) is 0 Å². The van der Waals surface area contributed by atoms with Crippen molar-refractivity contribution in [3.05, 3.63) is 42.0 Å². The Kier molecular flexibility index (Phi) is 2.29. The van der Waals surface area contributed by atoms with Gasteiger partial charge in [-0.3, -0.25) is 5.41 Å². The van der Waals surface area contributed by atoms with Crippen molar-refractivity contribution in [3.8, 4) is 0 Å². The molecule has 78 valence electrons. The van der Waals surface area contributed by atoms with Gasteiger partial charge in [0.05, 0.1) is 12.1 Å². The van der Waals surface area contributed by atoms with Crippen LogP contribution in [-0.4, -0.2) is 10.8 Å². The van der Waals surface area contributed by atoms with Crippen molar-refractivity contribution in [2.45, 2.75) is 12.8 Å². The number of amidine groups is 1. The van der Waals surface area contributed by atoms with E-state index in [1.54, 1.807) is 18.3 Å². The fraction of sp³-hybridized carbons (Fsp3) is 0.200. The summed E-state index contributed by atoms with van der Waals surface area (Å²) >= 11 is 0. The predicted molar refractivity (Wildman–Crippen MR) is 53.7 cm³/mol. The van der Waals surface area contributed by atoms with Crippen molar-refractivity contribution in [1.29, 1.82) is 5.41 Å². The van der Waals surface area contributed by atoms with Crippen LogP contribution in [0.2, 0.25) is 0 Å². The molecule has 0 fully saturated rings.